The molecule has 136 valence electrons. The predicted molar refractivity (Wildman–Crippen MR) is 96.6 cm³/mol. The standard InChI is InChI=1S/C20H21NO5/c1-22-15-6-5-11(8-16(15)23-2)20-14-7-12-9-17(24-3)18(25-4)10-13(12)19(14)21-26-20/h5-6,8-10,14,20H,7H2,1-4H3. The summed E-state index contributed by atoms with van der Waals surface area (Å²) in [5.74, 6) is 2.96. The highest BCUT2D eigenvalue weighted by Gasteiger charge is 2.42. The minimum absolute atomic E-state index is 0.153. The van der Waals surface area contributed by atoms with Crippen LogP contribution in [0.15, 0.2) is 35.5 Å². The number of rotatable bonds is 5. The van der Waals surface area contributed by atoms with E-state index in [1.807, 2.05) is 30.3 Å². The third-order valence-corrected chi connectivity index (χ3v) is 5.04. The van der Waals surface area contributed by atoms with Crippen LogP contribution >= 0.6 is 0 Å². The molecule has 1 heterocycles. The van der Waals surface area contributed by atoms with E-state index in [4.69, 9.17) is 23.8 Å². The fourth-order valence-corrected chi connectivity index (χ4v) is 3.74. The SMILES string of the molecule is COc1ccc(C2ON=C3c4cc(OC)c(OC)cc4CC32)cc1OC. The van der Waals surface area contributed by atoms with Gasteiger partial charge in [0.1, 0.15) is 0 Å². The zero-order chi connectivity index (χ0) is 18.3. The largest absolute Gasteiger partial charge is 0.493 e. The van der Waals surface area contributed by atoms with Gasteiger partial charge in [-0.1, -0.05) is 11.2 Å². The molecule has 0 N–H and O–H groups in total. The summed E-state index contributed by atoms with van der Waals surface area (Å²) in [6, 6.07) is 9.85. The van der Waals surface area contributed by atoms with Crippen LogP contribution in [0.1, 0.15) is 22.8 Å². The molecule has 1 aliphatic heterocycles. The lowest BCUT2D eigenvalue weighted by atomic mass is 9.92. The van der Waals surface area contributed by atoms with Gasteiger partial charge in [-0.3, -0.25) is 0 Å². The van der Waals surface area contributed by atoms with Gasteiger partial charge >= 0.3 is 0 Å². The monoisotopic (exact) mass is 355 g/mol. The van der Waals surface area contributed by atoms with Crippen LogP contribution in [0.5, 0.6) is 23.0 Å². The summed E-state index contributed by atoms with van der Waals surface area (Å²) in [4.78, 5) is 5.79. The highest BCUT2D eigenvalue weighted by molar-refractivity contribution is 6.07. The highest BCUT2D eigenvalue weighted by Crippen LogP contribution is 2.46. The zero-order valence-electron chi connectivity index (χ0n) is 15.2. The van der Waals surface area contributed by atoms with Gasteiger partial charge in [0.25, 0.3) is 0 Å². The molecule has 0 aromatic heterocycles. The first-order chi connectivity index (χ1) is 12.7. The normalized spacial score (nSPS) is 19.9. The number of ether oxygens (including phenoxy) is 4. The molecule has 6 nitrogen and oxygen atoms in total. The van der Waals surface area contributed by atoms with Crippen molar-refractivity contribution in [1.29, 1.82) is 0 Å². The molecule has 0 radical (unpaired) electrons. The van der Waals surface area contributed by atoms with Crippen LogP contribution in [-0.2, 0) is 11.3 Å². The van der Waals surface area contributed by atoms with E-state index in [1.165, 1.54) is 5.56 Å². The second kappa shape index (κ2) is 6.44. The Hall–Kier alpha value is -2.89. The molecule has 4 rings (SSSR count). The summed E-state index contributed by atoms with van der Waals surface area (Å²) in [6.45, 7) is 0. The molecule has 2 atom stereocenters. The van der Waals surface area contributed by atoms with Gasteiger partial charge in [-0.05, 0) is 41.8 Å². The summed E-state index contributed by atoms with van der Waals surface area (Å²) in [5.41, 5.74) is 4.23. The fraction of sp³-hybridized carbons (Fsp3) is 0.350. The molecule has 2 unspecified atom stereocenters. The van der Waals surface area contributed by atoms with Crippen LogP contribution < -0.4 is 18.9 Å². The second-order valence-electron chi connectivity index (χ2n) is 6.29. The summed E-state index contributed by atoms with van der Waals surface area (Å²) in [6.07, 6.45) is 0.683. The Labute approximate surface area is 152 Å². The van der Waals surface area contributed by atoms with Gasteiger partial charge in [0, 0.05) is 5.56 Å². The zero-order valence-corrected chi connectivity index (χ0v) is 15.2. The fourth-order valence-electron chi connectivity index (χ4n) is 3.74. The number of oxime groups is 1. The maximum Gasteiger partial charge on any atom is 0.161 e. The Morgan fingerprint density at radius 2 is 1.50 bits per heavy atom. The van der Waals surface area contributed by atoms with Crippen LogP contribution in [0.25, 0.3) is 0 Å². The van der Waals surface area contributed by atoms with E-state index in [-0.39, 0.29) is 12.0 Å². The molecule has 0 bridgehead atoms. The maximum atomic E-state index is 5.79. The lowest BCUT2D eigenvalue weighted by Gasteiger charge is -2.17. The van der Waals surface area contributed by atoms with Crippen molar-refractivity contribution < 1.29 is 23.8 Å². The summed E-state index contributed by atoms with van der Waals surface area (Å²) in [5, 5.41) is 4.37. The van der Waals surface area contributed by atoms with Gasteiger partial charge in [-0.2, -0.15) is 0 Å². The molecule has 2 aliphatic rings. The van der Waals surface area contributed by atoms with Crippen molar-refractivity contribution in [1.82, 2.24) is 0 Å². The van der Waals surface area contributed by atoms with E-state index in [1.54, 1.807) is 28.4 Å². The first-order valence-electron chi connectivity index (χ1n) is 8.41. The molecule has 6 heteroatoms. The van der Waals surface area contributed by atoms with E-state index >= 15 is 0 Å². The van der Waals surface area contributed by atoms with Gasteiger partial charge in [0.2, 0.25) is 0 Å². The Morgan fingerprint density at radius 1 is 0.846 bits per heavy atom. The van der Waals surface area contributed by atoms with Crippen LogP contribution in [0.3, 0.4) is 0 Å². The van der Waals surface area contributed by atoms with Crippen molar-refractivity contribution in [3.05, 3.63) is 47.0 Å². The number of nitrogens with zero attached hydrogens (tertiary/aromatic N) is 1. The average Bonchev–Trinajstić information content (AvgIpc) is 3.25. The van der Waals surface area contributed by atoms with E-state index in [2.05, 4.69) is 5.16 Å². The molecule has 0 saturated carbocycles. The van der Waals surface area contributed by atoms with E-state index in [0.717, 1.165) is 29.0 Å². The van der Waals surface area contributed by atoms with Gasteiger partial charge < -0.3 is 23.8 Å². The van der Waals surface area contributed by atoms with Crippen molar-refractivity contribution >= 4 is 5.71 Å². The number of fused-ring (bicyclic) bond motifs is 3. The Bertz CT molecular complexity index is 877. The van der Waals surface area contributed by atoms with Crippen molar-refractivity contribution in [2.75, 3.05) is 28.4 Å². The average molecular weight is 355 g/mol. The summed E-state index contributed by atoms with van der Waals surface area (Å²) < 4.78 is 21.6. The minimum Gasteiger partial charge on any atom is -0.493 e. The lowest BCUT2D eigenvalue weighted by Crippen LogP contribution is -2.14. The number of hydrogen-bond donors (Lipinski definition) is 0. The van der Waals surface area contributed by atoms with E-state index < -0.39 is 0 Å². The lowest BCUT2D eigenvalue weighted by molar-refractivity contribution is 0.0612. The molecule has 0 spiro atoms. The van der Waals surface area contributed by atoms with Crippen LogP contribution in [0, 0.1) is 5.92 Å². The van der Waals surface area contributed by atoms with Gasteiger partial charge in [-0.25, -0.2) is 0 Å². The first kappa shape index (κ1) is 16.6. The summed E-state index contributed by atoms with van der Waals surface area (Å²) >= 11 is 0. The molecular formula is C20H21NO5. The Balaban J connectivity index is 1.67. The molecule has 2 aromatic carbocycles. The van der Waals surface area contributed by atoms with Crippen molar-refractivity contribution in [2.45, 2.75) is 12.5 Å². The van der Waals surface area contributed by atoms with E-state index in [9.17, 15) is 0 Å². The van der Waals surface area contributed by atoms with Crippen molar-refractivity contribution in [2.24, 2.45) is 11.1 Å². The molecule has 0 fully saturated rings. The number of benzene rings is 2. The second-order valence-corrected chi connectivity index (χ2v) is 6.29. The minimum atomic E-state index is -0.158. The van der Waals surface area contributed by atoms with Crippen molar-refractivity contribution in [3.63, 3.8) is 0 Å². The van der Waals surface area contributed by atoms with Crippen LogP contribution in [0.4, 0.5) is 0 Å². The van der Waals surface area contributed by atoms with E-state index in [0.29, 0.717) is 17.2 Å². The van der Waals surface area contributed by atoms with Gasteiger partial charge in [0.15, 0.2) is 29.1 Å². The smallest absolute Gasteiger partial charge is 0.161 e. The number of hydrogen-bond acceptors (Lipinski definition) is 6. The first-order valence-corrected chi connectivity index (χ1v) is 8.41. The Morgan fingerprint density at radius 3 is 2.19 bits per heavy atom. The topological polar surface area (TPSA) is 58.5 Å². The predicted octanol–water partition coefficient (Wildman–Crippen LogP) is 3.37. The maximum absolute atomic E-state index is 5.79. The highest BCUT2D eigenvalue weighted by atomic mass is 16.6. The van der Waals surface area contributed by atoms with Crippen LogP contribution in [0.2, 0.25) is 0 Å². The third-order valence-electron chi connectivity index (χ3n) is 5.04. The quantitative estimate of drug-likeness (QED) is 0.823. The Kier molecular flexibility index (Phi) is 4.11. The molecule has 2 aromatic rings. The third kappa shape index (κ3) is 2.44. The molecule has 1 aliphatic carbocycles. The number of methoxy groups -OCH3 is 4. The van der Waals surface area contributed by atoms with Gasteiger partial charge in [-0.15, -0.1) is 0 Å². The molecule has 26 heavy (non-hydrogen) atoms. The molecular weight excluding hydrogens is 334 g/mol. The summed E-state index contributed by atoms with van der Waals surface area (Å²) in [7, 11) is 6.53. The molecule has 0 amide bonds. The van der Waals surface area contributed by atoms with Gasteiger partial charge in [0.05, 0.1) is 40.1 Å². The van der Waals surface area contributed by atoms with Crippen molar-refractivity contribution in [3.8, 4) is 23.0 Å². The van der Waals surface area contributed by atoms with Crippen LogP contribution in [-0.4, -0.2) is 34.2 Å². The molecule has 0 saturated heterocycles.